The average Bonchev–Trinajstić information content (AvgIpc) is 3.05. The Hall–Kier alpha value is -2.46. The van der Waals surface area contributed by atoms with Crippen LogP contribution in [0.3, 0.4) is 0 Å². The number of hydrogen-bond donors (Lipinski definition) is 1. The highest BCUT2D eigenvalue weighted by molar-refractivity contribution is 8.05. The maximum absolute atomic E-state index is 13.4. The van der Waals surface area contributed by atoms with Gasteiger partial charge in [-0.25, -0.2) is 0 Å². The van der Waals surface area contributed by atoms with Crippen LogP contribution in [0.2, 0.25) is 0 Å². The lowest BCUT2D eigenvalue weighted by Crippen LogP contribution is -2.48. The van der Waals surface area contributed by atoms with Gasteiger partial charge in [-0.05, 0) is 42.5 Å². The van der Waals surface area contributed by atoms with E-state index < -0.39 is 0 Å². The molecule has 2 aromatic carbocycles. The van der Waals surface area contributed by atoms with Gasteiger partial charge in [0.1, 0.15) is 0 Å². The molecule has 29 heavy (non-hydrogen) atoms. The van der Waals surface area contributed by atoms with Gasteiger partial charge in [0.2, 0.25) is 0 Å². The summed E-state index contributed by atoms with van der Waals surface area (Å²) in [5.41, 5.74) is 2.12. The van der Waals surface area contributed by atoms with Gasteiger partial charge >= 0.3 is 0 Å². The maximum Gasteiger partial charge on any atom is 0.262 e. The second-order valence-electron chi connectivity index (χ2n) is 7.82. The van der Waals surface area contributed by atoms with E-state index in [1.807, 2.05) is 54.6 Å². The van der Waals surface area contributed by atoms with Gasteiger partial charge in [-0.1, -0.05) is 92.2 Å². The minimum Gasteiger partial charge on any atom is -0.356 e. The van der Waals surface area contributed by atoms with Crippen LogP contribution in [0.5, 0.6) is 0 Å². The molecule has 1 unspecified atom stereocenters. The third-order valence-electron chi connectivity index (χ3n) is 5.76. The summed E-state index contributed by atoms with van der Waals surface area (Å²) in [6.07, 6.45) is 10.8. The molecule has 1 saturated heterocycles. The summed E-state index contributed by atoms with van der Waals surface area (Å²) in [4.78, 5) is 16.3. The number of hydrogen-bond acceptors (Lipinski definition) is 3. The molecule has 0 bridgehead atoms. The van der Waals surface area contributed by atoms with Gasteiger partial charge in [-0.2, -0.15) is 0 Å². The molecule has 1 aliphatic carbocycles. The van der Waals surface area contributed by atoms with Crippen LogP contribution in [0.15, 0.2) is 77.7 Å². The standard InChI is InChI=1S/C25H28N2OS/c1-19-11-8-9-17-22(19)27-24(28)23(18-10-14-20-12-4-2-5-13-20)29-25(27)26-21-15-6-3-7-16-21/h2-7,10,12-16,18-19,22,25-26H,8-9,11,17H2,1H3/b14-10+,23-18-/t19-,22+,25?/m1/s1. The molecule has 2 aliphatic rings. The summed E-state index contributed by atoms with van der Waals surface area (Å²) < 4.78 is 0. The van der Waals surface area contributed by atoms with E-state index in [1.54, 1.807) is 11.8 Å². The van der Waals surface area contributed by atoms with Crippen LogP contribution in [-0.4, -0.2) is 22.3 Å². The number of anilines is 1. The Morgan fingerprint density at radius 1 is 1.00 bits per heavy atom. The Morgan fingerprint density at radius 2 is 1.69 bits per heavy atom. The molecule has 2 aromatic rings. The maximum atomic E-state index is 13.4. The van der Waals surface area contributed by atoms with E-state index >= 15 is 0 Å². The van der Waals surface area contributed by atoms with Crippen LogP contribution >= 0.6 is 11.8 Å². The van der Waals surface area contributed by atoms with Crippen LogP contribution in [0.25, 0.3) is 6.08 Å². The predicted molar refractivity (Wildman–Crippen MR) is 123 cm³/mol. The van der Waals surface area contributed by atoms with Crippen molar-refractivity contribution in [3.63, 3.8) is 0 Å². The zero-order chi connectivity index (χ0) is 20.1. The Kier molecular flexibility index (Phi) is 6.40. The highest BCUT2D eigenvalue weighted by Crippen LogP contribution is 2.41. The largest absolute Gasteiger partial charge is 0.356 e. The summed E-state index contributed by atoms with van der Waals surface area (Å²) >= 11 is 1.63. The third-order valence-corrected chi connectivity index (χ3v) is 6.89. The average molecular weight is 405 g/mol. The van der Waals surface area contributed by atoms with E-state index in [-0.39, 0.29) is 11.4 Å². The molecule has 1 N–H and O–H groups in total. The lowest BCUT2D eigenvalue weighted by atomic mass is 9.85. The minimum atomic E-state index is -0.0631. The molecule has 4 rings (SSSR count). The van der Waals surface area contributed by atoms with Crippen LogP contribution in [-0.2, 0) is 4.79 Å². The van der Waals surface area contributed by atoms with Gasteiger partial charge < -0.3 is 10.2 Å². The van der Waals surface area contributed by atoms with Crippen molar-refractivity contribution in [2.75, 3.05) is 5.32 Å². The Labute approximate surface area is 177 Å². The fourth-order valence-electron chi connectivity index (χ4n) is 4.19. The molecule has 1 aliphatic heterocycles. The summed E-state index contributed by atoms with van der Waals surface area (Å²) in [5.74, 6) is 0.687. The Morgan fingerprint density at radius 3 is 2.41 bits per heavy atom. The molecule has 0 aromatic heterocycles. The molecule has 3 nitrogen and oxygen atoms in total. The van der Waals surface area contributed by atoms with Crippen molar-refractivity contribution in [1.29, 1.82) is 0 Å². The number of rotatable bonds is 5. The third kappa shape index (κ3) is 4.76. The minimum absolute atomic E-state index is 0.0631. The topological polar surface area (TPSA) is 32.3 Å². The van der Waals surface area contributed by atoms with E-state index in [2.05, 4.69) is 41.4 Å². The number of allylic oxidation sites excluding steroid dienone is 2. The normalized spacial score (nSPS) is 26.4. The van der Waals surface area contributed by atoms with Gasteiger partial charge in [0.15, 0.2) is 5.50 Å². The number of nitrogens with zero attached hydrogens (tertiary/aromatic N) is 1. The van der Waals surface area contributed by atoms with Crippen LogP contribution in [0, 0.1) is 5.92 Å². The molecular formula is C25H28N2OS. The lowest BCUT2D eigenvalue weighted by molar-refractivity contribution is -0.129. The zero-order valence-electron chi connectivity index (χ0n) is 16.8. The first-order chi connectivity index (χ1) is 14.2. The second kappa shape index (κ2) is 9.36. The molecule has 1 amide bonds. The first-order valence-electron chi connectivity index (χ1n) is 10.5. The van der Waals surface area contributed by atoms with Crippen molar-refractivity contribution in [1.82, 2.24) is 4.90 Å². The van der Waals surface area contributed by atoms with E-state index in [1.165, 1.54) is 19.3 Å². The molecule has 2 fully saturated rings. The highest BCUT2D eigenvalue weighted by Gasteiger charge is 2.42. The molecule has 0 radical (unpaired) electrons. The number of amides is 1. The van der Waals surface area contributed by atoms with Gasteiger partial charge in [-0.15, -0.1) is 0 Å². The number of thioether (sulfide) groups is 1. The van der Waals surface area contributed by atoms with Gasteiger partial charge in [-0.3, -0.25) is 4.79 Å². The first kappa shape index (κ1) is 19.8. The van der Waals surface area contributed by atoms with Crippen molar-refractivity contribution in [2.24, 2.45) is 5.92 Å². The molecule has 150 valence electrons. The van der Waals surface area contributed by atoms with Crippen LogP contribution in [0.4, 0.5) is 5.69 Å². The number of para-hydroxylation sites is 1. The quantitative estimate of drug-likeness (QED) is 0.608. The fraction of sp³-hybridized carbons (Fsp3) is 0.320. The second-order valence-corrected chi connectivity index (χ2v) is 8.94. The van der Waals surface area contributed by atoms with Crippen molar-refractivity contribution < 1.29 is 4.79 Å². The summed E-state index contributed by atoms with van der Waals surface area (Å²) in [6.45, 7) is 2.29. The molecule has 3 atom stereocenters. The number of carbonyl (C=O) groups is 1. The predicted octanol–water partition coefficient (Wildman–Crippen LogP) is 6.13. The Balaban J connectivity index is 1.57. The lowest BCUT2D eigenvalue weighted by Gasteiger charge is -2.39. The monoisotopic (exact) mass is 404 g/mol. The number of nitrogens with one attached hydrogen (secondary N) is 1. The van der Waals surface area contributed by atoms with Crippen LogP contribution < -0.4 is 5.32 Å². The summed E-state index contributed by atoms with van der Waals surface area (Å²) in [7, 11) is 0. The molecular weight excluding hydrogens is 376 g/mol. The van der Waals surface area contributed by atoms with E-state index in [4.69, 9.17) is 0 Å². The molecule has 0 spiro atoms. The van der Waals surface area contributed by atoms with Crippen molar-refractivity contribution in [2.45, 2.75) is 44.1 Å². The van der Waals surface area contributed by atoms with Gasteiger partial charge in [0.05, 0.1) is 4.91 Å². The van der Waals surface area contributed by atoms with E-state index in [0.717, 1.165) is 22.6 Å². The smallest absolute Gasteiger partial charge is 0.262 e. The van der Waals surface area contributed by atoms with E-state index in [9.17, 15) is 4.79 Å². The summed E-state index contributed by atoms with van der Waals surface area (Å²) in [6, 6.07) is 20.7. The van der Waals surface area contributed by atoms with Crippen molar-refractivity contribution in [3.05, 3.63) is 83.3 Å². The SMILES string of the molecule is C[C@@H]1CCCC[C@@H]1N1C(=O)/C(=C/C=C/c2ccccc2)SC1Nc1ccccc1. The zero-order valence-corrected chi connectivity index (χ0v) is 17.6. The van der Waals surface area contributed by atoms with E-state index in [0.29, 0.717) is 12.0 Å². The summed E-state index contributed by atoms with van der Waals surface area (Å²) in [5, 5.41) is 3.58. The molecule has 1 heterocycles. The fourth-order valence-corrected chi connectivity index (χ4v) is 5.36. The van der Waals surface area contributed by atoms with Crippen molar-refractivity contribution in [3.8, 4) is 0 Å². The Bertz CT molecular complexity index is 878. The van der Waals surface area contributed by atoms with Gasteiger partial charge in [0.25, 0.3) is 5.91 Å². The van der Waals surface area contributed by atoms with Gasteiger partial charge in [0, 0.05) is 11.7 Å². The number of benzene rings is 2. The first-order valence-corrected chi connectivity index (χ1v) is 11.3. The van der Waals surface area contributed by atoms with Crippen LogP contribution in [0.1, 0.15) is 38.2 Å². The highest BCUT2D eigenvalue weighted by atomic mass is 32.2. The molecule has 1 saturated carbocycles. The number of carbonyl (C=O) groups excluding carboxylic acids is 1. The molecule has 4 heteroatoms. The van der Waals surface area contributed by atoms with Crippen molar-refractivity contribution >= 4 is 29.4 Å².